The van der Waals surface area contributed by atoms with Crippen molar-refractivity contribution in [2.75, 3.05) is 6.54 Å². The van der Waals surface area contributed by atoms with Gasteiger partial charge in [0.15, 0.2) is 0 Å². The average Bonchev–Trinajstić information content (AvgIpc) is 2.58. The number of carbonyl (C=O) groups excluding carboxylic acids is 1. The molecule has 1 saturated carbocycles. The number of hydrogen-bond acceptors (Lipinski definition) is 3. The standard InChI is InChI=1S/C14H23NO4/c16-11-8-12(14(18)19)15(9-11)13(17)7-10-5-3-1-2-4-6-10/h10-12,16H,1-9H2,(H,18,19)/t11-,12-/m1/s1. The highest BCUT2D eigenvalue weighted by Crippen LogP contribution is 2.28. The fourth-order valence-corrected chi connectivity index (χ4v) is 3.26. The molecule has 0 radical (unpaired) electrons. The fourth-order valence-electron chi connectivity index (χ4n) is 3.26. The van der Waals surface area contributed by atoms with Gasteiger partial charge in [-0.2, -0.15) is 0 Å². The summed E-state index contributed by atoms with van der Waals surface area (Å²) in [7, 11) is 0. The third-order valence-electron chi connectivity index (χ3n) is 4.32. The van der Waals surface area contributed by atoms with Crippen molar-refractivity contribution < 1.29 is 19.8 Å². The SMILES string of the molecule is O=C(O)[C@H]1C[C@@H](O)CN1C(=O)CC1CCCCCC1. The molecule has 2 atom stereocenters. The van der Waals surface area contributed by atoms with Gasteiger partial charge in [-0.15, -0.1) is 0 Å². The Morgan fingerprint density at radius 1 is 1.11 bits per heavy atom. The molecule has 2 fully saturated rings. The number of carboxylic acids is 1. The maximum atomic E-state index is 12.2. The van der Waals surface area contributed by atoms with E-state index in [-0.39, 0.29) is 18.9 Å². The largest absolute Gasteiger partial charge is 0.480 e. The van der Waals surface area contributed by atoms with Gasteiger partial charge in [0.1, 0.15) is 6.04 Å². The van der Waals surface area contributed by atoms with Gasteiger partial charge >= 0.3 is 5.97 Å². The number of aliphatic carboxylic acids is 1. The normalized spacial score (nSPS) is 29.2. The third-order valence-corrected chi connectivity index (χ3v) is 4.32. The van der Waals surface area contributed by atoms with Crippen LogP contribution in [-0.4, -0.2) is 45.7 Å². The summed E-state index contributed by atoms with van der Waals surface area (Å²) < 4.78 is 0. The summed E-state index contributed by atoms with van der Waals surface area (Å²) in [6.45, 7) is 0.169. The smallest absolute Gasteiger partial charge is 0.326 e. The highest BCUT2D eigenvalue weighted by Gasteiger charge is 2.39. The molecule has 1 saturated heterocycles. The molecule has 0 aromatic heterocycles. The summed E-state index contributed by atoms with van der Waals surface area (Å²) in [5.41, 5.74) is 0. The van der Waals surface area contributed by atoms with Gasteiger partial charge in [-0.05, 0) is 18.8 Å². The van der Waals surface area contributed by atoms with E-state index in [0.29, 0.717) is 12.3 Å². The molecule has 2 N–H and O–H groups in total. The van der Waals surface area contributed by atoms with Crippen molar-refractivity contribution in [2.24, 2.45) is 5.92 Å². The molecule has 1 aliphatic heterocycles. The number of rotatable bonds is 3. The molecule has 0 bridgehead atoms. The Bertz CT molecular complexity index is 336. The van der Waals surface area contributed by atoms with Gasteiger partial charge < -0.3 is 15.1 Å². The van der Waals surface area contributed by atoms with Crippen LogP contribution in [0, 0.1) is 5.92 Å². The number of likely N-dealkylation sites (tertiary alicyclic amines) is 1. The molecule has 0 unspecified atom stereocenters. The Hall–Kier alpha value is -1.10. The van der Waals surface area contributed by atoms with Crippen molar-refractivity contribution in [2.45, 2.75) is 63.5 Å². The second-order valence-corrected chi connectivity index (χ2v) is 5.85. The predicted molar refractivity (Wildman–Crippen MR) is 69.6 cm³/mol. The summed E-state index contributed by atoms with van der Waals surface area (Å²) in [4.78, 5) is 24.7. The van der Waals surface area contributed by atoms with E-state index in [0.717, 1.165) is 12.8 Å². The topological polar surface area (TPSA) is 77.8 Å². The van der Waals surface area contributed by atoms with Gasteiger partial charge in [-0.3, -0.25) is 4.79 Å². The minimum atomic E-state index is -1.01. The molecule has 2 aliphatic rings. The summed E-state index contributed by atoms with van der Waals surface area (Å²) in [5, 5.41) is 18.7. The number of carbonyl (C=O) groups is 2. The Morgan fingerprint density at radius 3 is 2.32 bits per heavy atom. The van der Waals surface area contributed by atoms with Gasteiger partial charge in [-0.1, -0.05) is 25.7 Å². The molecule has 1 amide bonds. The van der Waals surface area contributed by atoms with Crippen molar-refractivity contribution >= 4 is 11.9 Å². The van der Waals surface area contributed by atoms with E-state index in [1.165, 1.54) is 30.6 Å². The summed E-state index contributed by atoms with van der Waals surface area (Å²) in [6, 6.07) is -0.840. The summed E-state index contributed by atoms with van der Waals surface area (Å²) >= 11 is 0. The molecule has 108 valence electrons. The van der Waals surface area contributed by atoms with Crippen LogP contribution in [0.25, 0.3) is 0 Å². The quantitative estimate of drug-likeness (QED) is 0.759. The van der Waals surface area contributed by atoms with Crippen molar-refractivity contribution in [1.29, 1.82) is 0 Å². The van der Waals surface area contributed by atoms with E-state index >= 15 is 0 Å². The summed E-state index contributed by atoms with van der Waals surface area (Å²) in [5.74, 6) is -0.719. The third kappa shape index (κ3) is 3.69. The number of amides is 1. The van der Waals surface area contributed by atoms with E-state index in [1.54, 1.807) is 0 Å². The zero-order valence-corrected chi connectivity index (χ0v) is 11.3. The van der Waals surface area contributed by atoms with Crippen molar-refractivity contribution in [3.8, 4) is 0 Å². The average molecular weight is 269 g/mol. The first-order valence-corrected chi connectivity index (χ1v) is 7.28. The molecule has 0 aromatic rings. The lowest BCUT2D eigenvalue weighted by Crippen LogP contribution is -2.41. The van der Waals surface area contributed by atoms with E-state index in [2.05, 4.69) is 0 Å². The fraction of sp³-hybridized carbons (Fsp3) is 0.857. The van der Waals surface area contributed by atoms with Gasteiger partial charge in [0.25, 0.3) is 0 Å². The zero-order chi connectivity index (χ0) is 13.8. The van der Waals surface area contributed by atoms with Gasteiger partial charge in [0, 0.05) is 19.4 Å². The Balaban J connectivity index is 1.92. The van der Waals surface area contributed by atoms with Crippen molar-refractivity contribution in [1.82, 2.24) is 4.90 Å². The lowest BCUT2D eigenvalue weighted by Gasteiger charge is -2.23. The van der Waals surface area contributed by atoms with E-state index in [1.807, 2.05) is 0 Å². The number of β-amino-alcohol motifs (C(OH)–C–C–N with tert-alkyl or cyclic N) is 1. The van der Waals surface area contributed by atoms with Crippen molar-refractivity contribution in [3.63, 3.8) is 0 Å². The second-order valence-electron chi connectivity index (χ2n) is 5.85. The van der Waals surface area contributed by atoms with Crippen LogP contribution in [-0.2, 0) is 9.59 Å². The molecule has 1 heterocycles. The number of aliphatic hydroxyl groups is 1. The van der Waals surface area contributed by atoms with Gasteiger partial charge in [0.2, 0.25) is 5.91 Å². The molecule has 1 aliphatic carbocycles. The Kier molecular flexibility index (Phi) is 4.80. The van der Waals surface area contributed by atoms with E-state index in [4.69, 9.17) is 5.11 Å². The molecule has 5 heteroatoms. The van der Waals surface area contributed by atoms with Gasteiger partial charge in [-0.25, -0.2) is 4.79 Å². The van der Waals surface area contributed by atoms with Gasteiger partial charge in [0.05, 0.1) is 6.10 Å². The molecule has 5 nitrogen and oxygen atoms in total. The zero-order valence-electron chi connectivity index (χ0n) is 11.3. The molecule has 19 heavy (non-hydrogen) atoms. The van der Waals surface area contributed by atoms with Crippen LogP contribution < -0.4 is 0 Å². The number of aliphatic hydroxyl groups excluding tert-OH is 1. The lowest BCUT2D eigenvalue weighted by molar-refractivity contribution is -0.148. The molecular weight excluding hydrogens is 246 g/mol. The maximum absolute atomic E-state index is 12.2. The molecule has 0 aromatic carbocycles. The lowest BCUT2D eigenvalue weighted by atomic mass is 9.96. The van der Waals surface area contributed by atoms with Crippen LogP contribution in [0.15, 0.2) is 0 Å². The monoisotopic (exact) mass is 269 g/mol. The second kappa shape index (κ2) is 6.37. The number of nitrogens with zero attached hydrogens (tertiary/aromatic N) is 1. The first-order valence-electron chi connectivity index (χ1n) is 7.28. The minimum absolute atomic E-state index is 0.101. The van der Waals surface area contributed by atoms with Crippen LogP contribution in [0.1, 0.15) is 51.4 Å². The molecule has 0 spiro atoms. The maximum Gasteiger partial charge on any atom is 0.326 e. The Labute approximate surface area is 113 Å². The predicted octanol–water partition coefficient (Wildman–Crippen LogP) is 1.39. The molecule has 2 rings (SSSR count). The minimum Gasteiger partial charge on any atom is -0.480 e. The first-order chi connectivity index (χ1) is 9.08. The number of hydrogen-bond donors (Lipinski definition) is 2. The van der Waals surface area contributed by atoms with Crippen LogP contribution in [0.4, 0.5) is 0 Å². The van der Waals surface area contributed by atoms with Crippen molar-refractivity contribution in [3.05, 3.63) is 0 Å². The van der Waals surface area contributed by atoms with E-state index in [9.17, 15) is 14.7 Å². The highest BCUT2D eigenvalue weighted by atomic mass is 16.4. The van der Waals surface area contributed by atoms with Crippen LogP contribution in [0.5, 0.6) is 0 Å². The molecular formula is C14H23NO4. The highest BCUT2D eigenvalue weighted by molar-refractivity contribution is 5.84. The first kappa shape index (κ1) is 14.3. The summed E-state index contributed by atoms with van der Waals surface area (Å²) in [6.07, 6.45) is 6.86. The number of carboxylic acid groups (broad SMARTS) is 1. The van der Waals surface area contributed by atoms with Crippen LogP contribution >= 0.6 is 0 Å². The Morgan fingerprint density at radius 2 is 1.74 bits per heavy atom. The van der Waals surface area contributed by atoms with Crippen LogP contribution in [0.3, 0.4) is 0 Å². The van der Waals surface area contributed by atoms with E-state index < -0.39 is 18.1 Å². The van der Waals surface area contributed by atoms with Crippen LogP contribution in [0.2, 0.25) is 0 Å².